The highest BCUT2D eigenvalue weighted by atomic mass is 32.1. The monoisotopic (exact) mass is 267 g/mol. The van der Waals surface area contributed by atoms with Gasteiger partial charge in [0, 0.05) is 26.7 Å². The van der Waals surface area contributed by atoms with Crippen LogP contribution in [0.2, 0.25) is 0 Å². The zero-order chi connectivity index (χ0) is 12.6. The number of thiophene rings is 1. The first-order valence-corrected chi connectivity index (χ1v) is 7.36. The summed E-state index contributed by atoms with van der Waals surface area (Å²) in [4.78, 5) is 4.17. The number of guanidine groups is 1. The summed E-state index contributed by atoms with van der Waals surface area (Å²) in [6.07, 6.45) is 2.69. The number of aliphatic imine (C=N–C) groups is 1. The molecule has 0 spiro atoms. The van der Waals surface area contributed by atoms with Gasteiger partial charge in [0.25, 0.3) is 0 Å². The lowest BCUT2D eigenvalue weighted by Crippen LogP contribution is -2.38. The van der Waals surface area contributed by atoms with Crippen LogP contribution in [0.3, 0.4) is 0 Å². The minimum Gasteiger partial charge on any atom is -0.379 e. The molecule has 5 heteroatoms. The van der Waals surface area contributed by atoms with Crippen LogP contribution in [0.1, 0.15) is 18.4 Å². The Kier molecular flexibility index (Phi) is 5.48. The first kappa shape index (κ1) is 13.4. The van der Waals surface area contributed by atoms with Gasteiger partial charge in [0.1, 0.15) is 0 Å². The van der Waals surface area contributed by atoms with Crippen molar-refractivity contribution in [3.05, 3.63) is 22.4 Å². The average molecular weight is 267 g/mol. The van der Waals surface area contributed by atoms with E-state index in [9.17, 15) is 0 Å². The van der Waals surface area contributed by atoms with Gasteiger partial charge in [0.2, 0.25) is 0 Å². The number of nitrogens with zero attached hydrogens (tertiary/aromatic N) is 1. The fourth-order valence-electron chi connectivity index (χ4n) is 1.58. The molecule has 0 radical (unpaired) electrons. The van der Waals surface area contributed by atoms with E-state index in [1.165, 1.54) is 18.4 Å². The van der Waals surface area contributed by atoms with Crippen molar-refractivity contribution in [1.29, 1.82) is 0 Å². The van der Waals surface area contributed by atoms with Gasteiger partial charge in [-0.1, -0.05) is 0 Å². The predicted molar refractivity (Wildman–Crippen MR) is 76.1 cm³/mol. The highest BCUT2D eigenvalue weighted by molar-refractivity contribution is 7.07. The van der Waals surface area contributed by atoms with Gasteiger partial charge in [0.15, 0.2) is 5.96 Å². The molecule has 0 unspecified atom stereocenters. The van der Waals surface area contributed by atoms with Crippen molar-refractivity contribution in [2.75, 3.05) is 26.8 Å². The normalized spacial score (nSPS) is 15.7. The first-order valence-electron chi connectivity index (χ1n) is 6.42. The second-order valence-corrected chi connectivity index (χ2v) is 5.28. The van der Waals surface area contributed by atoms with Crippen molar-refractivity contribution < 1.29 is 4.74 Å². The van der Waals surface area contributed by atoms with Gasteiger partial charge in [-0.15, -0.1) is 0 Å². The van der Waals surface area contributed by atoms with Crippen LogP contribution >= 0.6 is 11.3 Å². The van der Waals surface area contributed by atoms with Crippen LogP contribution in [0.5, 0.6) is 0 Å². The number of nitrogens with one attached hydrogen (secondary N) is 2. The number of ether oxygens (including phenoxy) is 1. The summed E-state index contributed by atoms with van der Waals surface area (Å²) in [6, 6.07) is 2.11. The molecule has 0 amide bonds. The molecule has 1 fully saturated rings. The summed E-state index contributed by atoms with van der Waals surface area (Å²) in [7, 11) is 1.79. The molecule has 4 nitrogen and oxygen atoms in total. The third-order valence-corrected chi connectivity index (χ3v) is 3.59. The van der Waals surface area contributed by atoms with Crippen molar-refractivity contribution in [2.45, 2.75) is 19.4 Å². The zero-order valence-electron chi connectivity index (χ0n) is 10.8. The van der Waals surface area contributed by atoms with E-state index in [0.29, 0.717) is 0 Å². The Morgan fingerprint density at radius 3 is 3.06 bits per heavy atom. The Hall–Kier alpha value is -1.07. The molecule has 1 aromatic heterocycles. The maximum Gasteiger partial charge on any atom is 0.191 e. The van der Waals surface area contributed by atoms with E-state index in [1.807, 2.05) is 0 Å². The summed E-state index contributed by atoms with van der Waals surface area (Å²) in [5.74, 6) is 1.66. The maximum absolute atomic E-state index is 5.56. The molecule has 1 saturated carbocycles. The predicted octanol–water partition coefficient (Wildman–Crippen LogP) is 1.84. The summed E-state index contributed by atoms with van der Waals surface area (Å²) < 4.78 is 5.56. The molecule has 0 aromatic carbocycles. The van der Waals surface area contributed by atoms with E-state index in [-0.39, 0.29) is 0 Å². The largest absolute Gasteiger partial charge is 0.379 e. The smallest absolute Gasteiger partial charge is 0.191 e. The third-order valence-electron chi connectivity index (χ3n) is 2.85. The van der Waals surface area contributed by atoms with E-state index in [2.05, 4.69) is 32.5 Å². The van der Waals surface area contributed by atoms with Gasteiger partial charge in [-0.05, 0) is 41.1 Å². The molecule has 0 bridgehead atoms. The third kappa shape index (κ3) is 5.06. The Labute approximate surface area is 112 Å². The zero-order valence-corrected chi connectivity index (χ0v) is 11.6. The lowest BCUT2D eigenvalue weighted by atomic mass is 10.3. The molecule has 18 heavy (non-hydrogen) atoms. The number of rotatable bonds is 7. The molecule has 2 N–H and O–H groups in total. The van der Waals surface area contributed by atoms with Crippen molar-refractivity contribution in [2.24, 2.45) is 10.9 Å². The van der Waals surface area contributed by atoms with Crippen molar-refractivity contribution in [3.63, 3.8) is 0 Å². The molecular formula is C13H21N3OS. The van der Waals surface area contributed by atoms with Gasteiger partial charge in [-0.2, -0.15) is 11.3 Å². The van der Waals surface area contributed by atoms with E-state index in [1.54, 1.807) is 18.4 Å². The molecule has 1 aliphatic carbocycles. The average Bonchev–Trinajstić information content (AvgIpc) is 3.06. The standard InChI is InChI=1S/C13H21N3OS/c1-14-13(16-8-12-4-7-18-10-12)15-5-6-17-9-11-2-3-11/h4,7,10-11H,2-3,5-6,8-9H2,1H3,(H2,14,15,16). The Morgan fingerprint density at radius 1 is 1.50 bits per heavy atom. The molecule has 0 saturated heterocycles. The highest BCUT2D eigenvalue weighted by Gasteiger charge is 2.20. The van der Waals surface area contributed by atoms with Crippen LogP contribution in [0.4, 0.5) is 0 Å². The topological polar surface area (TPSA) is 45.7 Å². The van der Waals surface area contributed by atoms with E-state index in [4.69, 9.17) is 4.74 Å². The van der Waals surface area contributed by atoms with Crippen molar-refractivity contribution >= 4 is 17.3 Å². The summed E-state index contributed by atoms with van der Waals surface area (Å²) in [5.41, 5.74) is 1.29. The van der Waals surface area contributed by atoms with Crippen LogP contribution in [0.25, 0.3) is 0 Å². The van der Waals surface area contributed by atoms with Gasteiger partial charge >= 0.3 is 0 Å². The van der Waals surface area contributed by atoms with Crippen molar-refractivity contribution in [3.8, 4) is 0 Å². The molecule has 1 aliphatic rings. The van der Waals surface area contributed by atoms with Gasteiger partial charge < -0.3 is 15.4 Å². The summed E-state index contributed by atoms with van der Waals surface area (Å²) in [6.45, 7) is 3.28. The van der Waals surface area contributed by atoms with Crippen LogP contribution in [-0.2, 0) is 11.3 Å². The van der Waals surface area contributed by atoms with Gasteiger partial charge in [0.05, 0.1) is 6.61 Å². The SMILES string of the molecule is CN=C(NCCOCC1CC1)NCc1ccsc1. The number of hydrogen-bond acceptors (Lipinski definition) is 3. The van der Waals surface area contributed by atoms with E-state index >= 15 is 0 Å². The van der Waals surface area contributed by atoms with Crippen LogP contribution < -0.4 is 10.6 Å². The lowest BCUT2D eigenvalue weighted by molar-refractivity contribution is 0.129. The highest BCUT2D eigenvalue weighted by Crippen LogP contribution is 2.28. The van der Waals surface area contributed by atoms with E-state index < -0.39 is 0 Å². The minimum atomic E-state index is 0.746. The summed E-state index contributed by atoms with van der Waals surface area (Å²) in [5, 5.41) is 10.7. The Bertz CT molecular complexity index is 360. The van der Waals surface area contributed by atoms with E-state index in [0.717, 1.165) is 38.2 Å². The lowest BCUT2D eigenvalue weighted by Gasteiger charge is -2.11. The molecular weight excluding hydrogens is 246 g/mol. The second-order valence-electron chi connectivity index (χ2n) is 4.50. The molecule has 2 rings (SSSR count). The molecule has 1 heterocycles. The Morgan fingerprint density at radius 2 is 2.39 bits per heavy atom. The van der Waals surface area contributed by atoms with Gasteiger partial charge in [-0.25, -0.2) is 0 Å². The van der Waals surface area contributed by atoms with Crippen LogP contribution in [0.15, 0.2) is 21.8 Å². The molecule has 0 atom stereocenters. The van der Waals surface area contributed by atoms with Gasteiger partial charge in [-0.3, -0.25) is 4.99 Å². The van der Waals surface area contributed by atoms with Crippen LogP contribution in [-0.4, -0.2) is 32.8 Å². The van der Waals surface area contributed by atoms with Crippen LogP contribution in [0, 0.1) is 5.92 Å². The Balaban J connectivity index is 1.54. The quantitative estimate of drug-likeness (QED) is 0.450. The number of hydrogen-bond donors (Lipinski definition) is 2. The fourth-order valence-corrected chi connectivity index (χ4v) is 2.24. The second kappa shape index (κ2) is 7.38. The maximum atomic E-state index is 5.56. The molecule has 0 aliphatic heterocycles. The molecule has 100 valence electrons. The van der Waals surface area contributed by atoms with Crippen molar-refractivity contribution in [1.82, 2.24) is 10.6 Å². The first-order chi connectivity index (χ1) is 8.88. The fraction of sp³-hybridized carbons (Fsp3) is 0.615. The molecule has 1 aromatic rings. The minimum absolute atomic E-state index is 0.746. The summed E-state index contributed by atoms with van der Waals surface area (Å²) >= 11 is 1.71.